The molecule has 2 N–H and O–H groups in total. The number of anilines is 2. The molecule has 5 nitrogen and oxygen atoms in total. The van der Waals surface area contributed by atoms with E-state index in [0.717, 1.165) is 12.1 Å². The first-order valence-corrected chi connectivity index (χ1v) is 7.33. The molecule has 0 atom stereocenters. The van der Waals surface area contributed by atoms with E-state index in [2.05, 4.69) is 15.6 Å². The van der Waals surface area contributed by atoms with E-state index in [0.29, 0.717) is 29.6 Å². The number of aromatic nitrogens is 1. The number of pyridine rings is 1. The fraction of sp³-hybridized carbons (Fsp3) is 0.250. The van der Waals surface area contributed by atoms with Gasteiger partial charge in [0.25, 0.3) is 5.91 Å². The second-order valence-corrected chi connectivity index (χ2v) is 5.04. The summed E-state index contributed by atoms with van der Waals surface area (Å²) in [6, 6.07) is 10.7. The third-order valence-electron chi connectivity index (χ3n) is 2.97. The zero-order valence-corrected chi connectivity index (χ0v) is 13.1. The predicted molar refractivity (Wildman–Crippen MR) is 87.8 cm³/mol. The summed E-state index contributed by atoms with van der Waals surface area (Å²) in [5.74, 6) is 0.429. The van der Waals surface area contributed by atoms with Crippen LogP contribution in [0.4, 0.5) is 11.5 Å². The van der Waals surface area contributed by atoms with Crippen LogP contribution in [0.5, 0.6) is 0 Å². The number of nitrogens with zero attached hydrogens (tertiary/aromatic N) is 1. The van der Waals surface area contributed by atoms with Crippen LogP contribution in [0, 0.1) is 0 Å². The summed E-state index contributed by atoms with van der Waals surface area (Å²) in [4.78, 5) is 16.2. The van der Waals surface area contributed by atoms with E-state index in [-0.39, 0.29) is 5.91 Å². The van der Waals surface area contributed by atoms with Gasteiger partial charge in [-0.05, 0) is 30.7 Å². The van der Waals surface area contributed by atoms with Crippen LogP contribution in [-0.2, 0) is 4.74 Å². The van der Waals surface area contributed by atoms with Gasteiger partial charge in [-0.3, -0.25) is 4.79 Å². The first-order chi connectivity index (χ1) is 10.7. The van der Waals surface area contributed by atoms with Crippen molar-refractivity contribution in [2.45, 2.75) is 6.42 Å². The second kappa shape index (κ2) is 8.36. The number of rotatable bonds is 7. The van der Waals surface area contributed by atoms with E-state index in [1.165, 1.54) is 0 Å². The lowest BCUT2D eigenvalue weighted by atomic mass is 10.2. The lowest BCUT2D eigenvalue weighted by Gasteiger charge is -2.09. The molecular weight excluding hydrogens is 302 g/mol. The zero-order chi connectivity index (χ0) is 15.8. The number of methoxy groups -OCH3 is 1. The molecule has 0 saturated heterocycles. The highest BCUT2D eigenvalue weighted by Crippen LogP contribution is 2.24. The molecule has 1 aromatic carbocycles. The molecule has 0 aliphatic heterocycles. The van der Waals surface area contributed by atoms with E-state index in [1.807, 2.05) is 18.2 Å². The van der Waals surface area contributed by atoms with Crippen molar-refractivity contribution in [3.63, 3.8) is 0 Å². The minimum Gasteiger partial charge on any atom is -0.385 e. The van der Waals surface area contributed by atoms with Gasteiger partial charge in [0.2, 0.25) is 0 Å². The summed E-state index contributed by atoms with van der Waals surface area (Å²) >= 11 is 6.09. The number of hydrogen-bond donors (Lipinski definition) is 2. The molecule has 0 radical (unpaired) electrons. The van der Waals surface area contributed by atoms with Gasteiger partial charge < -0.3 is 15.4 Å². The normalized spacial score (nSPS) is 10.3. The standard InChI is InChI=1S/C16H18ClN3O2/c1-22-10-4-8-19-16(21)12-7-9-18-15(11-12)20-14-6-3-2-5-13(14)17/h2-3,5-7,9,11H,4,8,10H2,1H3,(H,18,20)(H,19,21). The van der Waals surface area contributed by atoms with Crippen molar-refractivity contribution in [2.75, 3.05) is 25.6 Å². The average molecular weight is 320 g/mol. The second-order valence-electron chi connectivity index (χ2n) is 4.64. The van der Waals surface area contributed by atoms with E-state index in [4.69, 9.17) is 16.3 Å². The van der Waals surface area contributed by atoms with E-state index >= 15 is 0 Å². The van der Waals surface area contributed by atoms with Gasteiger partial charge in [-0.15, -0.1) is 0 Å². The maximum Gasteiger partial charge on any atom is 0.251 e. The number of carbonyl (C=O) groups excluding carboxylic acids is 1. The molecule has 1 amide bonds. The highest BCUT2D eigenvalue weighted by Gasteiger charge is 2.07. The molecule has 116 valence electrons. The lowest BCUT2D eigenvalue weighted by molar-refractivity contribution is 0.0948. The van der Waals surface area contributed by atoms with Crippen LogP contribution in [0.15, 0.2) is 42.6 Å². The predicted octanol–water partition coefficient (Wildman–Crippen LogP) is 3.24. The molecule has 2 rings (SSSR count). The molecular formula is C16H18ClN3O2. The highest BCUT2D eigenvalue weighted by molar-refractivity contribution is 6.33. The first-order valence-electron chi connectivity index (χ1n) is 6.95. The van der Waals surface area contributed by atoms with E-state index in [9.17, 15) is 4.79 Å². The van der Waals surface area contributed by atoms with Crippen molar-refractivity contribution in [3.05, 3.63) is 53.2 Å². The summed E-state index contributed by atoms with van der Waals surface area (Å²) in [6.07, 6.45) is 2.36. The summed E-state index contributed by atoms with van der Waals surface area (Å²) < 4.78 is 4.94. The van der Waals surface area contributed by atoms with Crippen LogP contribution >= 0.6 is 11.6 Å². The Morgan fingerprint density at radius 3 is 2.91 bits per heavy atom. The Hall–Kier alpha value is -2.11. The van der Waals surface area contributed by atoms with Gasteiger partial charge in [-0.25, -0.2) is 4.98 Å². The van der Waals surface area contributed by atoms with E-state index in [1.54, 1.807) is 31.5 Å². The molecule has 0 fully saturated rings. The summed E-state index contributed by atoms with van der Waals surface area (Å²) in [5, 5.41) is 6.53. The molecule has 22 heavy (non-hydrogen) atoms. The van der Waals surface area contributed by atoms with Crippen molar-refractivity contribution in [2.24, 2.45) is 0 Å². The number of halogens is 1. The average Bonchev–Trinajstić information content (AvgIpc) is 2.54. The maximum atomic E-state index is 12.0. The number of para-hydroxylation sites is 1. The van der Waals surface area contributed by atoms with Gasteiger partial charge in [-0.2, -0.15) is 0 Å². The van der Waals surface area contributed by atoms with Crippen molar-refractivity contribution < 1.29 is 9.53 Å². The summed E-state index contributed by atoms with van der Waals surface area (Å²) in [7, 11) is 1.64. The minimum absolute atomic E-state index is 0.138. The number of carbonyl (C=O) groups is 1. The fourth-order valence-corrected chi connectivity index (χ4v) is 2.04. The fourth-order valence-electron chi connectivity index (χ4n) is 1.86. The van der Waals surface area contributed by atoms with E-state index < -0.39 is 0 Å². The first kappa shape index (κ1) is 16.3. The molecule has 0 aliphatic carbocycles. The number of nitrogens with one attached hydrogen (secondary N) is 2. The van der Waals surface area contributed by atoms with Crippen LogP contribution in [-0.4, -0.2) is 31.2 Å². The van der Waals surface area contributed by atoms with Crippen LogP contribution in [0.1, 0.15) is 16.8 Å². The molecule has 0 unspecified atom stereocenters. The largest absolute Gasteiger partial charge is 0.385 e. The Labute approximate surface area is 134 Å². The van der Waals surface area contributed by atoms with Crippen molar-refractivity contribution >= 4 is 29.0 Å². The maximum absolute atomic E-state index is 12.0. The Bertz CT molecular complexity index is 634. The van der Waals surface area contributed by atoms with Crippen LogP contribution in [0.2, 0.25) is 5.02 Å². The topological polar surface area (TPSA) is 63.2 Å². The monoisotopic (exact) mass is 319 g/mol. The molecule has 2 aromatic rings. The number of benzene rings is 1. The molecule has 0 spiro atoms. The summed E-state index contributed by atoms with van der Waals surface area (Å²) in [5.41, 5.74) is 1.29. The molecule has 0 saturated carbocycles. The van der Waals surface area contributed by atoms with Gasteiger partial charge in [-0.1, -0.05) is 23.7 Å². The minimum atomic E-state index is -0.138. The third-order valence-corrected chi connectivity index (χ3v) is 3.30. The molecule has 6 heteroatoms. The van der Waals surface area contributed by atoms with Gasteiger partial charge in [0.1, 0.15) is 5.82 Å². The Morgan fingerprint density at radius 1 is 1.32 bits per heavy atom. The molecule has 1 aromatic heterocycles. The third kappa shape index (κ3) is 4.72. The quantitative estimate of drug-likeness (QED) is 0.769. The smallest absolute Gasteiger partial charge is 0.251 e. The zero-order valence-electron chi connectivity index (χ0n) is 12.3. The van der Waals surface area contributed by atoms with Gasteiger partial charge >= 0.3 is 0 Å². The Balaban J connectivity index is 2.00. The number of amides is 1. The van der Waals surface area contributed by atoms with Crippen LogP contribution in [0.25, 0.3) is 0 Å². The highest BCUT2D eigenvalue weighted by atomic mass is 35.5. The van der Waals surface area contributed by atoms with Crippen LogP contribution < -0.4 is 10.6 Å². The van der Waals surface area contributed by atoms with Gasteiger partial charge in [0, 0.05) is 32.0 Å². The molecule has 0 aliphatic rings. The van der Waals surface area contributed by atoms with Crippen molar-refractivity contribution in [1.82, 2.24) is 10.3 Å². The Morgan fingerprint density at radius 2 is 2.14 bits per heavy atom. The van der Waals surface area contributed by atoms with Gasteiger partial charge in [0.15, 0.2) is 0 Å². The number of hydrogen-bond acceptors (Lipinski definition) is 4. The molecule has 1 heterocycles. The number of ether oxygens (including phenoxy) is 1. The molecule has 0 bridgehead atoms. The Kier molecular flexibility index (Phi) is 6.18. The van der Waals surface area contributed by atoms with Crippen LogP contribution in [0.3, 0.4) is 0 Å². The lowest BCUT2D eigenvalue weighted by Crippen LogP contribution is -2.25. The van der Waals surface area contributed by atoms with Crippen molar-refractivity contribution in [1.29, 1.82) is 0 Å². The SMILES string of the molecule is COCCCNC(=O)c1ccnc(Nc2ccccc2Cl)c1. The summed E-state index contributed by atoms with van der Waals surface area (Å²) in [6.45, 7) is 1.19. The van der Waals surface area contributed by atoms with Crippen molar-refractivity contribution in [3.8, 4) is 0 Å². The van der Waals surface area contributed by atoms with Gasteiger partial charge in [0.05, 0.1) is 10.7 Å².